The first kappa shape index (κ1) is 12.7. The highest BCUT2D eigenvalue weighted by atomic mass is 16.2. The molecule has 1 aromatic heterocycles. The summed E-state index contributed by atoms with van der Waals surface area (Å²) in [4.78, 5) is 14.0. The van der Waals surface area contributed by atoms with Gasteiger partial charge in [0, 0.05) is 12.7 Å². The molecule has 2 aromatic rings. The number of fused-ring (bicyclic) bond motifs is 1. The zero-order valence-electron chi connectivity index (χ0n) is 12.0. The van der Waals surface area contributed by atoms with Gasteiger partial charge >= 0.3 is 0 Å². The third-order valence-electron chi connectivity index (χ3n) is 3.59. The van der Waals surface area contributed by atoms with Crippen LogP contribution >= 0.6 is 0 Å². The SMILES string of the molecule is CCc1nn(C)c2c1NC(=O)CN2c1ccc(C)cc1. The first-order chi connectivity index (χ1) is 9.60. The van der Waals surface area contributed by atoms with Crippen molar-refractivity contribution in [2.45, 2.75) is 20.3 Å². The minimum atomic E-state index is 0.000718. The fourth-order valence-electron chi connectivity index (χ4n) is 2.59. The molecule has 20 heavy (non-hydrogen) atoms. The van der Waals surface area contributed by atoms with Crippen molar-refractivity contribution < 1.29 is 4.79 Å². The van der Waals surface area contributed by atoms with Crippen molar-refractivity contribution in [2.75, 3.05) is 16.8 Å². The second-order valence-corrected chi connectivity index (χ2v) is 5.09. The third kappa shape index (κ3) is 1.95. The van der Waals surface area contributed by atoms with Gasteiger partial charge in [-0.15, -0.1) is 0 Å². The number of nitrogens with one attached hydrogen (secondary N) is 1. The zero-order valence-corrected chi connectivity index (χ0v) is 12.0. The topological polar surface area (TPSA) is 50.2 Å². The summed E-state index contributed by atoms with van der Waals surface area (Å²) in [6.07, 6.45) is 0.797. The standard InChI is InChI=1S/C15H18N4O/c1-4-12-14-15(18(3)17-12)19(9-13(20)16-14)11-7-5-10(2)6-8-11/h5-8H,4,9H2,1-3H3,(H,16,20). The Morgan fingerprint density at radius 3 is 2.65 bits per heavy atom. The molecule has 0 saturated carbocycles. The van der Waals surface area contributed by atoms with Gasteiger partial charge in [0.2, 0.25) is 5.91 Å². The number of carbonyl (C=O) groups is 1. The number of hydrogen-bond donors (Lipinski definition) is 1. The highest BCUT2D eigenvalue weighted by Gasteiger charge is 2.29. The molecule has 5 heteroatoms. The van der Waals surface area contributed by atoms with Gasteiger partial charge in [0.05, 0.1) is 5.69 Å². The average molecular weight is 270 g/mol. The Morgan fingerprint density at radius 2 is 2.00 bits per heavy atom. The van der Waals surface area contributed by atoms with E-state index in [-0.39, 0.29) is 5.91 Å². The number of benzene rings is 1. The number of carbonyl (C=O) groups excluding carboxylic acids is 1. The van der Waals surface area contributed by atoms with Gasteiger partial charge in [-0.3, -0.25) is 9.48 Å². The number of rotatable bonds is 2. The summed E-state index contributed by atoms with van der Waals surface area (Å²) >= 11 is 0. The number of hydrogen-bond acceptors (Lipinski definition) is 3. The summed E-state index contributed by atoms with van der Waals surface area (Å²) in [5.41, 5.74) is 3.98. The van der Waals surface area contributed by atoms with E-state index < -0.39 is 0 Å². The van der Waals surface area contributed by atoms with E-state index in [2.05, 4.69) is 29.5 Å². The van der Waals surface area contributed by atoms with Crippen LogP contribution in [0.2, 0.25) is 0 Å². The second kappa shape index (κ2) is 4.67. The van der Waals surface area contributed by atoms with Crippen molar-refractivity contribution in [3.63, 3.8) is 0 Å². The summed E-state index contributed by atoms with van der Waals surface area (Å²) in [6, 6.07) is 8.18. The van der Waals surface area contributed by atoms with Gasteiger partial charge in [-0.05, 0) is 25.5 Å². The number of aromatic nitrogens is 2. The summed E-state index contributed by atoms with van der Waals surface area (Å²) in [6.45, 7) is 4.41. The summed E-state index contributed by atoms with van der Waals surface area (Å²) < 4.78 is 1.84. The van der Waals surface area contributed by atoms with Crippen molar-refractivity contribution in [3.05, 3.63) is 35.5 Å². The average Bonchev–Trinajstić information content (AvgIpc) is 2.75. The molecular weight excluding hydrogens is 252 g/mol. The molecule has 0 unspecified atom stereocenters. The van der Waals surface area contributed by atoms with E-state index in [0.29, 0.717) is 6.54 Å². The van der Waals surface area contributed by atoms with Crippen LogP contribution in [0.25, 0.3) is 0 Å². The van der Waals surface area contributed by atoms with Crippen LogP contribution in [0.4, 0.5) is 17.2 Å². The van der Waals surface area contributed by atoms with E-state index >= 15 is 0 Å². The number of aryl methyl sites for hydroxylation is 3. The lowest BCUT2D eigenvalue weighted by molar-refractivity contribution is -0.115. The molecule has 0 bridgehead atoms. The van der Waals surface area contributed by atoms with Crippen LogP contribution in [-0.4, -0.2) is 22.2 Å². The molecule has 0 radical (unpaired) electrons. The molecule has 1 aliphatic heterocycles. The number of anilines is 3. The highest BCUT2D eigenvalue weighted by Crippen LogP contribution is 2.37. The molecule has 0 saturated heterocycles. The lowest BCUT2D eigenvalue weighted by atomic mass is 10.1. The summed E-state index contributed by atoms with van der Waals surface area (Å²) in [7, 11) is 1.91. The van der Waals surface area contributed by atoms with Crippen molar-refractivity contribution in [2.24, 2.45) is 7.05 Å². The van der Waals surface area contributed by atoms with E-state index in [1.165, 1.54) is 5.56 Å². The minimum absolute atomic E-state index is 0.000718. The maximum Gasteiger partial charge on any atom is 0.244 e. The lowest BCUT2D eigenvalue weighted by Gasteiger charge is -2.29. The quantitative estimate of drug-likeness (QED) is 0.911. The van der Waals surface area contributed by atoms with Crippen molar-refractivity contribution in [3.8, 4) is 0 Å². The maximum absolute atomic E-state index is 12.0. The molecule has 1 aliphatic rings. The number of nitrogens with zero attached hydrogens (tertiary/aromatic N) is 3. The third-order valence-corrected chi connectivity index (χ3v) is 3.59. The summed E-state index contributed by atoms with van der Waals surface area (Å²) in [5.74, 6) is 0.950. The predicted molar refractivity (Wildman–Crippen MR) is 79.4 cm³/mol. The Balaban J connectivity index is 2.12. The molecule has 5 nitrogen and oxygen atoms in total. The Bertz CT molecular complexity index is 657. The van der Waals surface area contributed by atoms with E-state index in [4.69, 9.17) is 0 Å². The molecule has 0 spiro atoms. The molecule has 0 atom stereocenters. The van der Waals surface area contributed by atoms with Gasteiger partial charge in [-0.25, -0.2) is 0 Å². The zero-order chi connectivity index (χ0) is 14.3. The molecule has 1 N–H and O–H groups in total. The van der Waals surface area contributed by atoms with Crippen LogP contribution < -0.4 is 10.2 Å². The van der Waals surface area contributed by atoms with Crippen LogP contribution in [0.3, 0.4) is 0 Å². The van der Waals surface area contributed by atoms with Gasteiger partial charge in [-0.1, -0.05) is 24.6 Å². The van der Waals surface area contributed by atoms with Gasteiger partial charge in [0.15, 0.2) is 5.82 Å². The van der Waals surface area contributed by atoms with Crippen LogP contribution in [0.15, 0.2) is 24.3 Å². The molecule has 3 rings (SSSR count). The van der Waals surface area contributed by atoms with Crippen LogP contribution in [0.5, 0.6) is 0 Å². The largest absolute Gasteiger partial charge is 0.320 e. The molecule has 1 amide bonds. The van der Waals surface area contributed by atoms with E-state index in [1.54, 1.807) is 0 Å². The van der Waals surface area contributed by atoms with Crippen molar-refractivity contribution in [1.82, 2.24) is 9.78 Å². The molecule has 2 heterocycles. The minimum Gasteiger partial charge on any atom is -0.320 e. The van der Waals surface area contributed by atoms with E-state index in [1.807, 2.05) is 35.7 Å². The van der Waals surface area contributed by atoms with Gasteiger partial charge < -0.3 is 10.2 Å². The normalized spacial score (nSPS) is 14.2. The van der Waals surface area contributed by atoms with Gasteiger partial charge in [0.25, 0.3) is 0 Å². The number of amides is 1. The van der Waals surface area contributed by atoms with Gasteiger partial charge in [-0.2, -0.15) is 5.10 Å². The second-order valence-electron chi connectivity index (χ2n) is 5.09. The summed E-state index contributed by atoms with van der Waals surface area (Å²) in [5, 5.41) is 7.45. The first-order valence-electron chi connectivity index (χ1n) is 6.80. The molecule has 0 aliphatic carbocycles. The maximum atomic E-state index is 12.0. The van der Waals surface area contributed by atoms with Crippen LogP contribution in [0, 0.1) is 6.92 Å². The Labute approximate surface area is 118 Å². The predicted octanol–water partition coefficient (Wildman–Crippen LogP) is 2.38. The van der Waals surface area contributed by atoms with Crippen molar-refractivity contribution >= 4 is 23.1 Å². The Morgan fingerprint density at radius 1 is 1.30 bits per heavy atom. The Hall–Kier alpha value is -2.30. The van der Waals surface area contributed by atoms with E-state index in [9.17, 15) is 4.79 Å². The van der Waals surface area contributed by atoms with E-state index in [0.717, 1.165) is 29.3 Å². The molecule has 0 fully saturated rings. The van der Waals surface area contributed by atoms with Gasteiger partial charge in [0.1, 0.15) is 12.2 Å². The van der Waals surface area contributed by atoms with Crippen LogP contribution in [-0.2, 0) is 18.3 Å². The Kier molecular flexibility index (Phi) is 2.97. The smallest absolute Gasteiger partial charge is 0.244 e. The molecule has 1 aromatic carbocycles. The fraction of sp³-hybridized carbons (Fsp3) is 0.333. The van der Waals surface area contributed by atoms with Crippen LogP contribution in [0.1, 0.15) is 18.2 Å². The van der Waals surface area contributed by atoms with Crippen molar-refractivity contribution in [1.29, 1.82) is 0 Å². The highest BCUT2D eigenvalue weighted by molar-refractivity contribution is 6.03. The lowest BCUT2D eigenvalue weighted by Crippen LogP contribution is -2.36. The molecular formula is C15H18N4O. The fourth-order valence-corrected chi connectivity index (χ4v) is 2.59. The first-order valence-corrected chi connectivity index (χ1v) is 6.80. The molecule has 104 valence electrons. The monoisotopic (exact) mass is 270 g/mol.